The van der Waals surface area contributed by atoms with Crippen molar-refractivity contribution in [1.82, 2.24) is 0 Å². The molecule has 0 radical (unpaired) electrons. The van der Waals surface area contributed by atoms with Gasteiger partial charge in [0.05, 0.1) is 30.3 Å². The molecular formula is C32H44O8. The Labute approximate surface area is 236 Å². The second kappa shape index (κ2) is 9.81. The van der Waals surface area contributed by atoms with E-state index in [0.29, 0.717) is 48.0 Å². The maximum absolute atomic E-state index is 13.8. The van der Waals surface area contributed by atoms with Gasteiger partial charge in [-0.1, -0.05) is 20.8 Å². The molecule has 6 bridgehead atoms. The van der Waals surface area contributed by atoms with E-state index in [4.69, 9.17) is 14.2 Å². The standard InChI is InChI=1S/C32H44O8/c1-13-16-4-5-17(8-16)22(13)11-38-12-39-31(36)23(14(2)29(33)34)27-20-10-21(26-19-7-6-18(9-19)25(20)26)28(27)24-15(3)30(35)40-32(24)37/h13-28H,4-12H2,1-3H3,(H,33,34). The van der Waals surface area contributed by atoms with Gasteiger partial charge in [0, 0.05) is 0 Å². The average molecular weight is 557 g/mol. The lowest BCUT2D eigenvalue weighted by atomic mass is 9.55. The van der Waals surface area contributed by atoms with Gasteiger partial charge in [-0.05, 0) is 116 Å². The maximum atomic E-state index is 13.8. The fraction of sp³-hybridized carbons (Fsp3) is 0.875. The first kappa shape index (κ1) is 26.9. The van der Waals surface area contributed by atoms with Gasteiger partial charge >= 0.3 is 23.9 Å². The Kier molecular flexibility index (Phi) is 6.60. The fourth-order valence-corrected chi connectivity index (χ4v) is 12.0. The number of fused-ring (bicyclic) bond motifs is 11. The fourth-order valence-electron chi connectivity index (χ4n) is 12.0. The minimum absolute atomic E-state index is 0.168. The summed E-state index contributed by atoms with van der Waals surface area (Å²) in [5.41, 5.74) is 0. The molecule has 0 aromatic heterocycles. The summed E-state index contributed by atoms with van der Waals surface area (Å²) in [4.78, 5) is 51.8. The van der Waals surface area contributed by atoms with Crippen LogP contribution in [0.25, 0.3) is 0 Å². The zero-order valence-electron chi connectivity index (χ0n) is 23.9. The molecule has 220 valence electrons. The molecule has 8 nitrogen and oxygen atoms in total. The molecule has 0 aromatic rings. The van der Waals surface area contributed by atoms with E-state index in [1.807, 2.05) is 0 Å². The number of carbonyl (C=O) groups is 4. The van der Waals surface area contributed by atoms with Gasteiger partial charge < -0.3 is 19.3 Å². The van der Waals surface area contributed by atoms with Gasteiger partial charge in [0.2, 0.25) is 0 Å². The van der Waals surface area contributed by atoms with Crippen LogP contribution >= 0.6 is 0 Å². The minimum atomic E-state index is -1.04. The van der Waals surface area contributed by atoms with E-state index in [9.17, 15) is 24.3 Å². The van der Waals surface area contributed by atoms with Crippen molar-refractivity contribution in [1.29, 1.82) is 0 Å². The molecule has 16 unspecified atom stereocenters. The van der Waals surface area contributed by atoms with Crippen LogP contribution in [-0.2, 0) is 33.4 Å². The van der Waals surface area contributed by atoms with E-state index in [1.54, 1.807) is 13.8 Å². The van der Waals surface area contributed by atoms with Crippen LogP contribution in [0.3, 0.4) is 0 Å². The zero-order chi connectivity index (χ0) is 28.0. The molecule has 0 spiro atoms. The number of rotatable bonds is 9. The highest BCUT2D eigenvalue weighted by atomic mass is 16.7. The first-order valence-corrected chi connectivity index (χ1v) is 15.9. The molecule has 1 heterocycles. The molecule has 6 saturated carbocycles. The van der Waals surface area contributed by atoms with Gasteiger partial charge in [-0.2, -0.15) is 0 Å². The number of cyclic esters (lactones) is 2. The van der Waals surface area contributed by atoms with Crippen LogP contribution in [0.5, 0.6) is 0 Å². The lowest BCUT2D eigenvalue weighted by Gasteiger charge is -2.47. The summed E-state index contributed by atoms with van der Waals surface area (Å²) in [6, 6.07) is 0. The number of carboxylic acids is 1. The SMILES string of the molecule is CC(C(=O)O)C(C(=O)OCOCC1C2CCC(C2)C1C)C1C2CC(C3C4CCC(C4)C23)C1C1C(=O)OC(=O)C1C. The molecule has 16 atom stereocenters. The van der Waals surface area contributed by atoms with Crippen molar-refractivity contribution in [3.63, 3.8) is 0 Å². The number of ether oxygens (including phenoxy) is 3. The molecule has 1 aliphatic heterocycles. The lowest BCUT2D eigenvalue weighted by Crippen LogP contribution is -2.50. The smallest absolute Gasteiger partial charge is 0.317 e. The number of carboxylic acid groups (broad SMARTS) is 1. The third kappa shape index (κ3) is 3.86. The van der Waals surface area contributed by atoms with Crippen LogP contribution in [0.2, 0.25) is 0 Å². The molecule has 8 heteroatoms. The summed E-state index contributed by atoms with van der Waals surface area (Å²) in [6.45, 7) is 6.02. The summed E-state index contributed by atoms with van der Waals surface area (Å²) >= 11 is 0. The zero-order valence-corrected chi connectivity index (χ0v) is 23.9. The summed E-state index contributed by atoms with van der Waals surface area (Å²) in [7, 11) is 0. The van der Waals surface area contributed by atoms with Crippen LogP contribution in [-0.4, -0.2) is 42.4 Å². The lowest BCUT2D eigenvalue weighted by molar-refractivity contribution is -0.176. The monoisotopic (exact) mass is 556 g/mol. The summed E-state index contributed by atoms with van der Waals surface area (Å²) < 4.78 is 16.7. The van der Waals surface area contributed by atoms with E-state index < -0.39 is 47.5 Å². The van der Waals surface area contributed by atoms with Gasteiger partial charge in [0.25, 0.3) is 0 Å². The van der Waals surface area contributed by atoms with Gasteiger partial charge in [0.15, 0.2) is 6.79 Å². The minimum Gasteiger partial charge on any atom is -0.481 e. The molecule has 6 aliphatic carbocycles. The van der Waals surface area contributed by atoms with E-state index in [-0.39, 0.29) is 30.5 Å². The molecule has 0 aromatic carbocycles. The van der Waals surface area contributed by atoms with Crippen molar-refractivity contribution in [3.05, 3.63) is 0 Å². The van der Waals surface area contributed by atoms with Crippen LogP contribution in [0.1, 0.15) is 65.7 Å². The Balaban J connectivity index is 1.13. The Morgan fingerprint density at radius 2 is 1.55 bits per heavy atom. The average Bonchev–Trinajstić information content (AvgIpc) is 3.76. The Hall–Kier alpha value is -1.96. The Morgan fingerprint density at radius 3 is 2.17 bits per heavy atom. The predicted molar refractivity (Wildman–Crippen MR) is 141 cm³/mol. The molecule has 1 saturated heterocycles. The third-order valence-corrected chi connectivity index (χ3v) is 13.6. The van der Waals surface area contributed by atoms with E-state index in [1.165, 1.54) is 38.5 Å². The summed E-state index contributed by atoms with van der Waals surface area (Å²) in [5.74, 6) is -1.01. The molecule has 7 aliphatic rings. The number of hydrogen-bond donors (Lipinski definition) is 1. The number of aliphatic carboxylic acids is 1. The van der Waals surface area contributed by atoms with Crippen LogP contribution in [0, 0.1) is 94.7 Å². The highest BCUT2D eigenvalue weighted by molar-refractivity contribution is 5.96. The normalized spacial score (nSPS) is 49.4. The second-order valence-electron chi connectivity index (χ2n) is 14.7. The maximum Gasteiger partial charge on any atom is 0.317 e. The van der Waals surface area contributed by atoms with Crippen molar-refractivity contribution in [2.75, 3.05) is 13.4 Å². The van der Waals surface area contributed by atoms with Crippen molar-refractivity contribution < 1.29 is 38.5 Å². The van der Waals surface area contributed by atoms with Gasteiger partial charge in [0.1, 0.15) is 0 Å². The Morgan fingerprint density at radius 1 is 0.900 bits per heavy atom. The molecular weight excluding hydrogens is 512 g/mol. The predicted octanol–water partition coefficient (Wildman–Crippen LogP) is 4.40. The van der Waals surface area contributed by atoms with Crippen LogP contribution in [0.4, 0.5) is 0 Å². The summed E-state index contributed by atoms with van der Waals surface area (Å²) in [6.07, 6.45) is 8.34. The quantitative estimate of drug-likeness (QED) is 0.146. The van der Waals surface area contributed by atoms with E-state index >= 15 is 0 Å². The van der Waals surface area contributed by atoms with Crippen molar-refractivity contribution >= 4 is 23.9 Å². The van der Waals surface area contributed by atoms with Crippen LogP contribution < -0.4 is 0 Å². The van der Waals surface area contributed by atoms with Gasteiger partial charge in [-0.15, -0.1) is 0 Å². The topological polar surface area (TPSA) is 116 Å². The highest BCUT2D eigenvalue weighted by Crippen LogP contribution is 2.73. The van der Waals surface area contributed by atoms with E-state index in [0.717, 1.165) is 12.3 Å². The highest BCUT2D eigenvalue weighted by Gasteiger charge is 2.70. The molecule has 0 amide bonds. The molecule has 40 heavy (non-hydrogen) atoms. The van der Waals surface area contributed by atoms with Gasteiger partial charge in [-0.3, -0.25) is 19.2 Å². The van der Waals surface area contributed by atoms with Gasteiger partial charge in [-0.25, -0.2) is 0 Å². The Bertz CT molecular complexity index is 1080. The summed E-state index contributed by atoms with van der Waals surface area (Å²) in [5, 5.41) is 10.1. The molecule has 1 N–H and O–H groups in total. The van der Waals surface area contributed by atoms with Crippen LogP contribution in [0.15, 0.2) is 0 Å². The van der Waals surface area contributed by atoms with Crippen molar-refractivity contribution in [2.24, 2.45) is 94.7 Å². The van der Waals surface area contributed by atoms with E-state index in [2.05, 4.69) is 6.92 Å². The molecule has 7 fully saturated rings. The first-order valence-electron chi connectivity index (χ1n) is 15.9. The van der Waals surface area contributed by atoms with Crippen molar-refractivity contribution in [2.45, 2.75) is 65.7 Å². The largest absolute Gasteiger partial charge is 0.481 e. The van der Waals surface area contributed by atoms with Crippen molar-refractivity contribution in [3.8, 4) is 0 Å². The second-order valence-corrected chi connectivity index (χ2v) is 14.7. The first-order chi connectivity index (χ1) is 19.2. The third-order valence-electron chi connectivity index (χ3n) is 13.6. The number of hydrogen-bond acceptors (Lipinski definition) is 7. The molecule has 7 rings (SSSR count). The number of carbonyl (C=O) groups excluding carboxylic acids is 3. The number of esters is 3.